The number of hydrogen-bond donors (Lipinski definition) is 1. The molecule has 0 spiro atoms. The van der Waals surface area contributed by atoms with Crippen molar-refractivity contribution in [3.63, 3.8) is 0 Å². The molecule has 2 nitrogen and oxygen atoms in total. The Hall–Kier alpha value is -0.0300. The van der Waals surface area contributed by atoms with Crippen molar-refractivity contribution in [1.29, 1.82) is 0 Å². The average molecular weight is 253 g/mol. The second kappa shape index (κ2) is 5.00. The van der Waals surface area contributed by atoms with Crippen LogP contribution in [0.3, 0.4) is 0 Å². The molecule has 0 bridgehead atoms. The van der Waals surface area contributed by atoms with Gasteiger partial charge in [-0.1, -0.05) is 41.5 Å². The molecule has 0 aromatic carbocycles. The smallest absolute Gasteiger partial charge is 0.166 e. The number of aromatic amines is 1. The number of rotatable bonds is 3. The van der Waals surface area contributed by atoms with Crippen molar-refractivity contribution in [2.45, 2.75) is 0 Å². The van der Waals surface area contributed by atoms with Crippen LogP contribution in [-0.4, -0.2) is 19.9 Å². The summed E-state index contributed by atoms with van der Waals surface area (Å²) in [5.41, 5.74) is 0. The van der Waals surface area contributed by atoms with Gasteiger partial charge in [-0.2, -0.15) is 0 Å². The lowest BCUT2D eigenvalue weighted by molar-refractivity contribution is 1.28. The molecule has 6 heteroatoms. The van der Waals surface area contributed by atoms with Gasteiger partial charge in [0.2, 0.25) is 0 Å². The van der Waals surface area contributed by atoms with E-state index < -0.39 is 0 Å². The van der Waals surface area contributed by atoms with Gasteiger partial charge in [-0.15, -0.1) is 18.3 Å². The van der Waals surface area contributed by atoms with E-state index in [1.54, 1.807) is 6.08 Å². The van der Waals surface area contributed by atoms with Gasteiger partial charge in [0.15, 0.2) is 11.0 Å². The number of thioether (sulfide) groups is 1. The van der Waals surface area contributed by atoms with Crippen LogP contribution in [-0.2, 0) is 0 Å². The molecule has 1 rings (SSSR count). The summed E-state index contributed by atoms with van der Waals surface area (Å²) in [5.74, 6) is 1.28. The number of nitrogens with one attached hydrogen (secondary N) is 1. The van der Waals surface area contributed by atoms with Crippen molar-refractivity contribution >= 4 is 51.4 Å². The summed E-state index contributed by atoms with van der Waals surface area (Å²) in [7, 11) is 0. The molecule has 0 saturated carbocycles. The lowest BCUT2D eigenvalue weighted by Crippen LogP contribution is -1.94. The highest BCUT2D eigenvalue weighted by Gasteiger charge is 2.09. The summed E-state index contributed by atoms with van der Waals surface area (Å²) in [6.45, 7) is 3.59. The minimum atomic E-state index is 0.248. The van der Waals surface area contributed by atoms with Gasteiger partial charge in [0.05, 0.1) is 0 Å². The number of thiocarbonyl (C=S) groups is 1. The predicted octanol–water partition coefficient (Wildman–Crippen LogP) is 3.31. The van der Waals surface area contributed by atoms with Crippen LogP contribution in [0.25, 0.3) is 0 Å². The quantitative estimate of drug-likeness (QED) is 0.661. The van der Waals surface area contributed by atoms with E-state index in [0.717, 1.165) is 5.75 Å². The molecule has 1 aromatic rings. The van der Waals surface area contributed by atoms with Crippen molar-refractivity contribution in [3.05, 3.63) is 28.8 Å². The SMILES string of the molecule is C=CCSC(=S)c1nc(Cl)c(Cl)[nH]1. The minimum absolute atomic E-state index is 0.248. The predicted molar refractivity (Wildman–Crippen MR) is 63.0 cm³/mol. The average Bonchev–Trinajstić information content (AvgIpc) is 2.43. The van der Waals surface area contributed by atoms with Crippen molar-refractivity contribution in [1.82, 2.24) is 9.97 Å². The van der Waals surface area contributed by atoms with Crippen molar-refractivity contribution in [2.24, 2.45) is 0 Å². The molecular weight excluding hydrogens is 247 g/mol. The Morgan fingerprint density at radius 1 is 1.69 bits per heavy atom. The fourth-order valence-corrected chi connectivity index (χ4v) is 1.70. The van der Waals surface area contributed by atoms with Gasteiger partial charge in [0.1, 0.15) is 9.35 Å². The van der Waals surface area contributed by atoms with E-state index in [9.17, 15) is 0 Å². The Morgan fingerprint density at radius 3 is 2.85 bits per heavy atom. The Bertz CT molecular complexity index is 316. The van der Waals surface area contributed by atoms with Crippen LogP contribution in [0, 0.1) is 0 Å². The van der Waals surface area contributed by atoms with E-state index in [4.69, 9.17) is 35.4 Å². The Kier molecular flexibility index (Phi) is 4.25. The maximum Gasteiger partial charge on any atom is 0.166 e. The molecule has 0 saturated heterocycles. The maximum absolute atomic E-state index is 5.67. The molecule has 70 valence electrons. The van der Waals surface area contributed by atoms with Gasteiger partial charge in [-0.3, -0.25) is 0 Å². The number of imidazole rings is 1. The van der Waals surface area contributed by atoms with Gasteiger partial charge >= 0.3 is 0 Å². The molecule has 1 aromatic heterocycles. The molecule has 0 aliphatic rings. The topological polar surface area (TPSA) is 28.7 Å². The lowest BCUT2D eigenvalue weighted by atomic mass is 10.7. The van der Waals surface area contributed by atoms with Crippen LogP contribution in [0.2, 0.25) is 10.3 Å². The molecule has 0 amide bonds. The number of hydrogen-bond acceptors (Lipinski definition) is 3. The molecule has 0 unspecified atom stereocenters. The van der Waals surface area contributed by atoms with Gasteiger partial charge in [0, 0.05) is 5.75 Å². The van der Waals surface area contributed by atoms with E-state index >= 15 is 0 Å². The normalized spacial score (nSPS) is 10.0. The summed E-state index contributed by atoms with van der Waals surface area (Å²) >= 11 is 17.8. The van der Waals surface area contributed by atoms with Crippen LogP contribution >= 0.6 is 47.2 Å². The number of H-pyrrole nitrogens is 1. The first-order valence-corrected chi connectivity index (χ1v) is 5.49. The van der Waals surface area contributed by atoms with E-state index in [1.807, 2.05) is 0 Å². The maximum atomic E-state index is 5.67. The highest BCUT2D eigenvalue weighted by atomic mass is 35.5. The van der Waals surface area contributed by atoms with E-state index in [-0.39, 0.29) is 5.15 Å². The lowest BCUT2D eigenvalue weighted by Gasteiger charge is -1.94. The molecule has 0 fully saturated rings. The first-order chi connectivity index (χ1) is 6.15. The molecule has 1 heterocycles. The van der Waals surface area contributed by atoms with E-state index in [1.165, 1.54) is 11.8 Å². The third-order valence-corrected chi connectivity index (χ3v) is 3.19. The van der Waals surface area contributed by atoms with Crippen molar-refractivity contribution in [3.8, 4) is 0 Å². The van der Waals surface area contributed by atoms with Gasteiger partial charge in [-0.05, 0) is 0 Å². The molecule has 0 aliphatic heterocycles. The number of aromatic nitrogens is 2. The molecule has 0 aliphatic carbocycles. The summed E-state index contributed by atoms with van der Waals surface area (Å²) < 4.78 is 0.633. The summed E-state index contributed by atoms with van der Waals surface area (Å²) in [6, 6.07) is 0. The monoisotopic (exact) mass is 252 g/mol. The number of halogens is 2. The molecule has 0 radical (unpaired) electrons. The highest BCUT2D eigenvalue weighted by molar-refractivity contribution is 8.23. The Morgan fingerprint density at radius 2 is 2.38 bits per heavy atom. The fourth-order valence-electron chi connectivity index (χ4n) is 0.630. The fraction of sp³-hybridized carbons (Fsp3) is 0.143. The Labute approximate surface area is 95.7 Å². The molecule has 13 heavy (non-hydrogen) atoms. The van der Waals surface area contributed by atoms with Crippen LogP contribution < -0.4 is 0 Å². The third-order valence-electron chi connectivity index (χ3n) is 1.14. The number of nitrogens with zero attached hydrogens (tertiary/aromatic N) is 1. The highest BCUT2D eigenvalue weighted by Crippen LogP contribution is 2.21. The summed E-state index contributed by atoms with van der Waals surface area (Å²) in [4.78, 5) is 6.72. The van der Waals surface area contributed by atoms with E-state index in [2.05, 4.69) is 16.5 Å². The zero-order chi connectivity index (χ0) is 9.84. The van der Waals surface area contributed by atoms with Gasteiger partial charge < -0.3 is 4.98 Å². The second-order valence-electron chi connectivity index (χ2n) is 2.08. The van der Waals surface area contributed by atoms with Crippen LogP contribution in [0.1, 0.15) is 5.82 Å². The standard InChI is InChI=1S/C7H6Cl2N2S2/c1-2-3-13-7(12)6-10-4(8)5(9)11-6/h2H,1,3H2,(H,10,11). The van der Waals surface area contributed by atoms with Crippen LogP contribution in [0.15, 0.2) is 12.7 Å². The zero-order valence-corrected chi connectivity index (χ0v) is 9.66. The molecule has 0 atom stereocenters. The van der Waals surface area contributed by atoms with Gasteiger partial charge in [0.25, 0.3) is 0 Å². The summed E-state index contributed by atoms with van der Waals surface area (Å²) in [6.07, 6.45) is 1.77. The largest absolute Gasteiger partial charge is 0.327 e. The van der Waals surface area contributed by atoms with Gasteiger partial charge in [-0.25, -0.2) is 4.98 Å². The zero-order valence-electron chi connectivity index (χ0n) is 6.51. The Balaban J connectivity index is 2.71. The van der Waals surface area contributed by atoms with Crippen LogP contribution in [0.4, 0.5) is 0 Å². The third kappa shape index (κ3) is 2.98. The van der Waals surface area contributed by atoms with Crippen LogP contribution in [0.5, 0.6) is 0 Å². The summed E-state index contributed by atoms with van der Waals surface area (Å²) in [5, 5.41) is 0.566. The molecule has 1 N–H and O–H groups in total. The minimum Gasteiger partial charge on any atom is -0.327 e. The molecular formula is C7H6Cl2N2S2. The first-order valence-electron chi connectivity index (χ1n) is 3.34. The first kappa shape index (κ1) is 11.0. The van der Waals surface area contributed by atoms with Crippen molar-refractivity contribution in [2.75, 3.05) is 5.75 Å². The van der Waals surface area contributed by atoms with Crippen molar-refractivity contribution < 1.29 is 0 Å². The van der Waals surface area contributed by atoms with E-state index in [0.29, 0.717) is 15.2 Å². The second-order valence-corrected chi connectivity index (χ2v) is 4.51.